The Morgan fingerprint density at radius 3 is 2.87 bits per heavy atom. The minimum absolute atomic E-state index is 0.0112. The van der Waals surface area contributed by atoms with Gasteiger partial charge in [0.2, 0.25) is 0 Å². The number of rotatable bonds is 5. The summed E-state index contributed by atoms with van der Waals surface area (Å²) >= 11 is 0. The molecule has 0 amide bonds. The highest BCUT2D eigenvalue weighted by Crippen LogP contribution is 2.25. The van der Waals surface area contributed by atoms with Crippen molar-refractivity contribution < 1.29 is 0 Å². The topological polar surface area (TPSA) is 81.4 Å². The number of anilines is 1. The lowest BCUT2D eigenvalue weighted by molar-refractivity contribution is 0.613. The van der Waals surface area contributed by atoms with Crippen LogP contribution in [0.25, 0.3) is 11.0 Å². The van der Waals surface area contributed by atoms with Crippen molar-refractivity contribution in [1.82, 2.24) is 29.7 Å². The maximum atomic E-state index is 4.49. The van der Waals surface area contributed by atoms with Gasteiger partial charge in [0, 0.05) is 12.2 Å². The largest absolute Gasteiger partial charge is 0.360 e. The van der Waals surface area contributed by atoms with Crippen LogP contribution in [-0.4, -0.2) is 29.7 Å². The molecule has 0 saturated carbocycles. The molecule has 0 unspecified atom stereocenters. The van der Waals surface area contributed by atoms with Gasteiger partial charge in [-0.25, -0.2) is 15.0 Å². The predicted octanol–water partition coefficient (Wildman–Crippen LogP) is 2.82. The molecule has 1 atom stereocenters. The van der Waals surface area contributed by atoms with Crippen molar-refractivity contribution in [3.05, 3.63) is 35.8 Å². The first kappa shape index (κ1) is 15.3. The summed E-state index contributed by atoms with van der Waals surface area (Å²) in [4.78, 5) is 13.2. The van der Waals surface area contributed by atoms with E-state index >= 15 is 0 Å². The molecular weight excluding hydrogens is 290 g/mol. The number of aryl methyl sites for hydroxylation is 3. The smallest absolute Gasteiger partial charge is 0.165 e. The lowest BCUT2D eigenvalue weighted by atomic mass is 10.1. The molecule has 0 saturated heterocycles. The number of nitrogens with one attached hydrogen (secondary N) is 1. The summed E-state index contributed by atoms with van der Waals surface area (Å²) in [5.74, 6) is 1.68. The summed E-state index contributed by atoms with van der Waals surface area (Å²) < 4.78 is 2.07. The lowest BCUT2D eigenvalue weighted by Gasteiger charge is -2.16. The van der Waals surface area contributed by atoms with Crippen LogP contribution in [0.5, 0.6) is 0 Å². The molecule has 0 radical (unpaired) electrons. The molecule has 0 aliphatic rings. The first-order valence-corrected chi connectivity index (χ1v) is 7.83. The van der Waals surface area contributed by atoms with E-state index in [1.807, 2.05) is 13.0 Å². The first-order chi connectivity index (χ1) is 11.1. The lowest BCUT2D eigenvalue weighted by Crippen LogP contribution is -2.15. The minimum atomic E-state index is -0.0112. The zero-order chi connectivity index (χ0) is 16.4. The van der Waals surface area contributed by atoms with Crippen molar-refractivity contribution in [2.24, 2.45) is 0 Å². The van der Waals surface area contributed by atoms with E-state index in [1.165, 1.54) is 0 Å². The van der Waals surface area contributed by atoms with Crippen LogP contribution in [0.4, 0.5) is 5.82 Å². The second kappa shape index (κ2) is 6.28. The van der Waals surface area contributed by atoms with Gasteiger partial charge >= 0.3 is 0 Å². The Balaban J connectivity index is 1.96. The zero-order valence-corrected chi connectivity index (χ0v) is 13.9. The van der Waals surface area contributed by atoms with Gasteiger partial charge in [0.25, 0.3) is 0 Å². The number of pyridine rings is 1. The summed E-state index contributed by atoms with van der Waals surface area (Å²) in [7, 11) is 0. The highest BCUT2D eigenvalue weighted by molar-refractivity contribution is 5.89. The van der Waals surface area contributed by atoms with Crippen molar-refractivity contribution in [3.63, 3.8) is 0 Å². The molecule has 0 spiro atoms. The Morgan fingerprint density at radius 2 is 2.09 bits per heavy atom. The Bertz CT molecular complexity index is 824. The van der Waals surface area contributed by atoms with Crippen molar-refractivity contribution in [1.29, 1.82) is 0 Å². The fraction of sp³-hybridized carbons (Fsp3) is 0.438. The third kappa shape index (κ3) is 2.99. The second-order valence-electron chi connectivity index (χ2n) is 5.75. The van der Waals surface area contributed by atoms with Crippen molar-refractivity contribution in [3.8, 4) is 0 Å². The Labute approximate surface area is 135 Å². The molecule has 0 aliphatic carbocycles. The Hall–Kier alpha value is -2.57. The summed E-state index contributed by atoms with van der Waals surface area (Å²) in [6.07, 6.45) is 4.35. The van der Waals surface area contributed by atoms with Gasteiger partial charge < -0.3 is 9.88 Å². The van der Waals surface area contributed by atoms with Gasteiger partial charge in [-0.2, -0.15) is 0 Å². The molecule has 3 heterocycles. The zero-order valence-electron chi connectivity index (χ0n) is 13.9. The second-order valence-corrected chi connectivity index (χ2v) is 5.75. The molecular formula is C16H21N7. The van der Waals surface area contributed by atoms with Gasteiger partial charge in [-0.05, 0) is 38.8 Å². The van der Waals surface area contributed by atoms with Gasteiger partial charge in [0.05, 0.1) is 11.4 Å². The molecule has 1 N–H and O–H groups in total. The maximum Gasteiger partial charge on any atom is 0.165 e. The normalized spacial score (nSPS) is 12.5. The highest BCUT2D eigenvalue weighted by Gasteiger charge is 2.16. The molecule has 23 heavy (non-hydrogen) atoms. The van der Waals surface area contributed by atoms with Crippen LogP contribution >= 0.6 is 0 Å². The number of fused-ring (bicyclic) bond motifs is 1. The van der Waals surface area contributed by atoms with E-state index in [0.717, 1.165) is 41.3 Å². The molecule has 3 aromatic rings. The van der Waals surface area contributed by atoms with E-state index in [4.69, 9.17) is 0 Å². The van der Waals surface area contributed by atoms with Gasteiger partial charge in [0.15, 0.2) is 11.5 Å². The van der Waals surface area contributed by atoms with Crippen LogP contribution < -0.4 is 5.32 Å². The highest BCUT2D eigenvalue weighted by atomic mass is 15.3. The van der Waals surface area contributed by atoms with Gasteiger partial charge in [0.1, 0.15) is 18.5 Å². The van der Waals surface area contributed by atoms with Gasteiger partial charge in [-0.3, -0.25) is 0 Å². The predicted molar refractivity (Wildman–Crippen MR) is 89.2 cm³/mol. The fourth-order valence-electron chi connectivity index (χ4n) is 2.80. The fourth-order valence-corrected chi connectivity index (χ4v) is 2.80. The van der Waals surface area contributed by atoms with E-state index < -0.39 is 0 Å². The Kier molecular flexibility index (Phi) is 4.18. The van der Waals surface area contributed by atoms with E-state index in [1.54, 1.807) is 12.7 Å². The summed E-state index contributed by atoms with van der Waals surface area (Å²) in [5, 5.41) is 12.6. The number of aromatic nitrogens is 6. The summed E-state index contributed by atoms with van der Waals surface area (Å²) in [6.45, 7) is 9.12. The average Bonchev–Trinajstić information content (AvgIpc) is 2.95. The summed E-state index contributed by atoms with van der Waals surface area (Å²) in [6, 6.07) is 2.03. The molecule has 7 heteroatoms. The minimum Gasteiger partial charge on any atom is -0.360 e. The average molecular weight is 311 g/mol. The maximum absolute atomic E-state index is 4.49. The van der Waals surface area contributed by atoms with E-state index in [-0.39, 0.29) is 6.04 Å². The molecule has 0 fully saturated rings. The Morgan fingerprint density at radius 1 is 1.26 bits per heavy atom. The molecule has 0 aliphatic heterocycles. The molecule has 3 aromatic heterocycles. The number of hydrogen-bond donors (Lipinski definition) is 1. The molecule has 7 nitrogen and oxygen atoms in total. The van der Waals surface area contributed by atoms with Crippen LogP contribution in [0.2, 0.25) is 0 Å². The van der Waals surface area contributed by atoms with Crippen molar-refractivity contribution >= 4 is 16.9 Å². The summed E-state index contributed by atoms with van der Waals surface area (Å²) in [5.41, 5.74) is 2.77. The van der Waals surface area contributed by atoms with Gasteiger partial charge in [-0.1, -0.05) is 6.92 Å². The number of hydrogen-bond acceptors (Lipinski definition) is 6. The van der Waals surface area contributed by atoms with E-state index in [2.05, 4.69) is 55.8 Å². The molecule has 120 valence electrons. The van der Waals surface area contributed by atoms with E-state index in [9.17, 15) is 0 Å². The molecule has 0 aromatic carbocycles. The first-order valence-electron chi connectivity index (χ1n) is 7.83. The molecule has 0 bridgehead atoms. The number of nitrogens with zero attached hydrogens (tertiary/aromatic N) is 6. The van der Waals surface area contributed by atoms with Gasteiger partial charge in [-0.15, -0.1) is 10.2 Å². The molecule has 3 rings (SSSR count). The van der Waals surface area contributed by atoms with Crippen LogP contribution in [0.3, 0.4) is 0 Å². The monoisotopic (exact) mass is 311 g/mol. The van der Waals surface area contributed by atoms with Crippen LogP contribution in [0, 0.1) is 13.8 Å². The third-order valence-corrected chi connectivity index (χ3v) is 3.78. The van der Waals surface area contributed by atoms with Crippen LogP contribution in [0.15, 0.2) is 18.7 Å². The SMILES string of the molecule is CCCn1cnnc1[C@@H](C)Nc1ncnc2nc(C)cc(C)c12. The van der Waals surface area contributed by atoms with Crippen molar-refractivity contribution in [2.45, 2.75) is 46.7 Å². The van der Waals surface area contributed by atoms with Crippen LogP contribution in [-0.2, 0) is 6.54 Å². The quantitative estimate of drug-likeness (QED) is 0.780. The van der Waals surface area contributed by atoms with Crippen LogP contribution in [0.1, 0.15) is 43.4 Å². The standard InChI is InChI=1S/C16H21N7/c1-5-6-23-9-19-22-16(23)12(4)21-15-13-10(2)7-11(3)20-14(13)17-8-18-15/h7-9,12H,5-6H2,1-4H3,(H,17,18,20,21)/t12-/m1/s1. The third-order valence-electron chi connectivity index (χ3n) is 3.78. The van der Waals surface area contributed by atoms with Crippen molar-refractivity contribution in [2.75, 3.05) is 5.32 Å². The van der Waals surface area contributed by atoms with E-state index in [0.29, 0.717) is 5.65 Å².